The van der Waals surface area contributed by atoms with Gasteiger partial charge in [-0.15, -0.1) is 35.3 Å². The van der Waals surface area contributed by atoms with Gasteiger partial charge in [-0.25, -0.2) is 34.8 Å². The number of hydrogen-bond acceptors (Lipinski definition) is 21. The molecule has 670 valence electrons. The van der Waals surface area contributed by atoms with Crippen molar-refractivity contribution in [1.82, 2.24) is 29.7 Å². The monoisotopic (exact) mass is 1860 g/mol. The first-order valence-electron chi connectivity index (χ1n) is 42.6. The van der Waals surface area contributed by atoms with Gasteiger partial charge in [0.15, 0.2) is 12.3 Å². The zero-order chi connectivity index (χ0) is 91.2. The van der Waals surface area contributed by atoms with Crippen molar-refractivity contribution in [2.24, 2.45) is 5.92 Å². The number of hydrogen-bond donors (Lipinski definition) is 6. The van der Waals surface area contributed by atoms with Gasteiger partial charge in [-0.2, -0.15) is 13.5 Å². The quantitative estimate of drug-likeness (QED) is 0.00447. The molecule has 7 aromatic rings. The molecule has 7 aromatic carbocycles. The molecule has 1 aliphatic carbocycles. The Hall–Kier alpha value is -11.5. The van der Waals surface area contributed by atoms with Crippen molar-refractivity contribution >= 4 is 158 Å². The average molecular weight is 1860 g/mol. The molecule has 0 bridgehead atoms. The fraction of sp³-hybridized carbons (Fsp3) is 0.316. The smallest absolute Gasteiger partial charge is 0.352 e. The lowest BCUT2D eigenvalue weighted by Gasteiger charge is -2.49. The molecule has 3 atom stereocenters. The third kappa shape index (κ3) is 18.6. The molecule has 34 heteroatoms. The molecule has 28 nitrogen and oxygen atoms in total. The molecule has 2 saturated heterocycles. The second kappa shape index (κ2) is 37.2. The summed E-state index contributed by atoms with van der Waals surface area (Å²) >= 11 is 3.60. The van der Waals surface area contributed by atoms with Crippen molar-refractivity contribution in [3.05, 3.63) is 245 Å². The normalized spacial score (nSPS) is 18.8. The number of amides is 5. The zero-order valence-electron chi connectivity index (χ0n) is 71.4. The predicted octanol–water partition coefficient (Wildman–Crippen LogP) is 12.1. The van der Waals surface area contributed by atoms with Crippen LogP contribution in [0.1, 0.15) is 95.4 Å². The van der Waals surface area contributed by atoms with Gasteiger partial charge >= 0.3 is 11.9 Å². The lowest BCUT2D eigenvalue weighted by atomic mass is 9.81. The Morgan fingerprint density at radius 1 is 0.705 bits per heavy atom. The Balaban J connectivity index is 0.472. The van der Waals surface area contributed by atoms with Crippen LogP contribution in [0, 0.1) is 5.92 Å². The number of β-lactam (4-membered cyclic amide) rings is 1. The highest BCUT2D eigenvalue weighted by Crippen LogP contribution is 2.51. The maximum absolute atomic E-state index is 15.1. The number of carbonyl (C=O) groups is 7. The number of rotatable bonds is 31. The summed E-state index contributed by atoms with van der Waals surface area (Å²) in [4.78, 5) is 98.1. The van der Waals surface area contributed by atoms with Crippen LogP contribution >= 0.6 is 35.3 Å². The second-order valence-corrected chi connectivity index (χ2v) is 41.6. The van der Waals surface area contributed by atoms with Crippen LogP contribution in [0.2, 0.25) is 0 Å². The SMILES string of the molecule is CC[N+]1=C(/C=C/C=C/C=C2/N(CCCCCC(=O)NCC(=O)NC3C(=O)N4C(C(=O)O)=C(CSc5ccc(NC(=O)CSC[C@H](NC(=O)C6CCN(S(=O)(=O)c7ccccc7-c7c8ccc(=[N+]9CCc%10ccccc%109)cc-8oc8cc(N9CCc%10ccccc%109)ccc78)CC6)C(=O)O)cc5)CS[C@H]34)c3ccc(S(=O)(=O)[O-])cc3C2(C)C)C(C)(C)c2cc(S(=O)(=O)[O-])ccc21. The van der Waals surface area contributed by atoms with Gasteiger partial charge in [0, 0.05) is 164 Å². The molecule has 0 aromatic heterocycles. The average Bonchev–Trinajstić information content (AvgIpc) is 0.895. The first-order valence-corrected chi connectivity index (χ1v) is 50.0. The van der Waals surface area contributed by atoms with Gasteiger partial charge in [-0.05, 0) is 161 Å². The number of fused-ring (bicyclic) bond motifs is 7. The van der Waals surface area contributed by atoms with E-state index in [-0.39, 0.29) is 75.7 Å². The number of nitrogens with zero attached hydrogens (tertiary/aromatic N) is 6. The minimum Gasteiger partial charge on any atom is -0.744 e. The fourth-order valence-electron chi connectivity index (χ4n) is 18.4. The third-order valence-corrected chi connectivity index (χ3v) is 32.1. The summed E-state index contributed by atoms with van der Waals surface area (Å²) in [6.45, 7) is 11.9. The molecule has 0 spiro atoms. The van der Waals surface area contributed by atoms with E-state index in [0.717, 1.165) is 98.7 Å². The maximum Gasteiger partial charge on any atom is 0.352 e. The molecule has 0 radical (unpaired) electrons. The lowest BCUT2D eigenvalue weighted by Crippen LogP contribution is -2.71. The van der Waals surface area contributed by atoms with Crippen LogP contribution in [0.5, 0.6) is 0 Å². The number of para-hydroxylation sites is 2. The number of sulfonamides is 1. The van der Waals surface area contributed by atoms with Gasteiger partial charge in [-0.3, -0.25) is 28.9 Å². The van der Waals surface area contributed by atoms with Crippen LogP contribution in [0.3, 0.4) is 0 Å². The number of thioether (sulfide) groups is 3. The molecule has 129 heavy (non-hydrogen) atoms. The molecule has 8 aliphatic heterocycles. The molecule has 9 aliphatic rings. The van der Waals surface area contributed by atoms with Crippen molar-refractivity contribution in [2.75, 3.05) is 83.9 Å². The summed E-state index contributed by atoms with van der Waals surface area (Å²) < 4.78 is 115. The van der Waals surface area contributed by atoms with E-state index in [4.69, 9.17) is 4.42 Å². The van der Waals surface area contributed by atoms with Gasteiger partial charge in [0.05, 0.1) is 38.5 Å². The number of anilines is 4. The Kier molecular flexibility index (Phi) is 26.2. The molecule has 0 saturated carbocycles. The highest BCUT2D eigenvalue weighted by Gasteiger charge is 2.54. The lowest BCUT2D eigenvalue weighted by molar-refractivity contribution is -0.433. The first-order chi connectivity index (χ1) is 61.7. The third-order valence-electron chi connectivity index (χ3n) is 25.0. The number of carboxylic acids is 2. The van der Waals surface area contributed by atoms with E-state index < -0.39 is 112 Å². The number of allylic oxidation sites excluding steroid dienone is 6. The van der Waals surface area contributed by atoms with Crippen LogP contribution in [-0.2, 0) is 87.5 Å². The van der Waals surface area contributed by atoms with Crippen molar-refractivity contribution in [3.63, 3.8) is 0 Å². The second-order valence-electron chi connectivity index (χ2n) is 33.7. The Morgan fingerprint density at radius 3 is 2.17 bits per heavy atom. The molecular formula is C95H96N10O18S6. The van der Waals surface area contributed by atoms with Crippen LogP contribution in [0.15, 0.2) is 241 Å². The van der Waals surface area contributed by atoms with Gasteiger partial charge in [0.2, 0.25) is 50.4 Å². The predicted molar refractivity (Wildman–Crippen MR) is 495 cm³/mol. The van der Waals surface area contributed by atoms with E-state index in [0.29, 0.717) is 82.1 Å². The van der Waals surface area contributed by atoms with Gasteiger partial charge in [-0.1, -0.05) is 93.1 Å². The van der Waals surface area contributed by atoms with E-state index in [9.17, 15) is 69.7 Å². The van der Waals surface area contributed by atoms with Crippen LogP contribution in [0.4, 0.5) is 34.1 Å². The van der Waals surface area contributed by atoms with E-state index >= 15 is 8.42 Å². The largest absolute Gasteiger partial charge is 0.744 e. The van der Waals surface area contributed by atoms with Crippen molar-refractivity contribution in [3.8, 4) is 22.5 Å². The van der Waals surface area contributed by atoms with E-state index in [1.54, 1.807) is 48.5 Å². The Bertz CT molecular complexity index is 6650. The number of carboxylic acid groups (broad SMARTS) is 2. The van der Waals surface area contributed by atoms with Crippen LogP contribution in [0.25, 0.3) is 33.4 Å². The zero-order valence-corrected chi connectivity index (χ0v) is 76.3. The van der Waals surface area contributed by atoms with Gasteiger partial charge in [0.25, 0.3) is 5.91 Å². The topological polar surface area (TPSA) is 389 Å². The summed E-state index contributed by atoms with van der Waals surface area (Å²) in [5.74, 6) is -5.28. The van der Waals surface area contributed by atoms with E-state index in [2.05, 4.69) is 76.6 Å². The number of piperidine rings is 1. The Labute approximate surface area is 760 Å². The molecule has 1 unspecified atom stereocenters. The van der Waals surface area contributed by atoms with Crippen molar-refractivity contribution in [1.29, 1.82) is 0 Å². The number of benzene rings is 8. The van der Waals surface area contributed by atoms with Crippen molar-refractivity contribution < 1.29 is 87.1 Å². The minimum absolute atomic E-state index is 0.00416. The van der Waals surface area contributed by atoms with Gasteiger partial charge < -0.3 is 54.8 Å². The maximum atomic E-state index is 15.1. The van der Waals surface area contributed by atoms with Gasteiger partial charge in [0.1, 0.15) is 61.3 Å². The number of nitrogens with one attached hydrogen (secondary N) is 4. The number of carbonyl (C=O) groups excluding carboxylic acids is 5. The number of aliphatic carboxylic acids is 2. The fourth-order valence-corrected chi connectivity index (χ4v) is 24.3. The van der Waals surface area contributed by atoms with Crippen LogP contribution in [-0.4, -0.2) is 192 Å². The molecule has 2 fully saturated rings. The summed E-state index contributed by atoms with van der Waals surface area (Å²) in [5.41, 5.74) is 12.1. The number of unbranched alkanes of at least 4 members (excludes halogenated alkanes) is 2. The summed E-state index contributed by atoms with van der Waals surface area (Å²) in [6, 6.07) is 48.9. The molecule has 6 N–H and O–H groups in total. The van der Waals surface area contributed by atoms with E-state index in [1.165, 1.54) is 63.2 Å². The first kappa shape index (κ1) is 90.9. The molecule has 5 amide bonds. The summed E-state index contributed by atoms with van der Waals surface area (Å²) in [6.07, 6.45) is 13.1. The highest BCUT2D eigenvalue weighted by atomic mass is 32.2. The Morgan fingerprint density at radius 2 is 1.43 bits per heavy atom. The molecule has 8 heterocycles. The summed E-state index contributed by atoms with van der Waals surface area (Å²) in [7, 11) is -13.7. The summed E-state index contributed by atoms with van der Waals surface area (Å²) in [5, 5.41) is 32.4. The van der Waals surface area contributed by atoms with Crippen LogP contribution < -0.4 is 41.0 Å². The highest BCUT2D eigenvalue weighted by molar-refractivity contribution is 8.01. The minimum atomic E-state index is -4.78. The molecule has 16 rings (SSSR count). The van der Waals surface area contributed by atoms with E-state index in [1.807, 2.05) is 126 Å². The standard InChI is InChI=1S/C95H96N10O18S6/c1-6-101-76-38-34-66(128(117,118)119)51-71(76)94(2,3)81(101)25-9-7-10-26-82-95(4,5)72-52-67(129(120,121)122)35-39-77(72)104(82)44-18-8-11-27-83(106)96-53-84(107)99-87-90(110)105-88(93(113)114)61(55-126-91(87)105)54-125-65-32-28-62(29-33-65)97-85(108)57-124-56-73(92(111)112)98-89(109)60-40-45-100(46-41-60)127(115,116)80-24-17-14-21-70(80)86-68-36-30-63(102-47-42-58-19-12-15-22-74(58)102)49-78(68)123-79-50-64(31-37-69(79)86)103-48-43-59-20-13-16-23-75(59)103/h7,9-10,12-17,19-26,28-39,49-52,60,73,87,91H,6,8,11,18,27,40-48,53-57H2,1-5H3,(H6-2,96,97,98,99,106,107,108,109,111,112,113,114,117,118,119,120,121,122)/t73-,87?,91+/m0/s1. The van der Waals surface area contributed by atoms with Crippen molar-refractivity contribution in [2.45, 2.75) is 134 Å². The molecular weight excluding hydrogens is 1760 g/mol.